The fourth-order valence-corrected chi connectivity index (χ4v) is 4.73. The number of ketones is 1. The van der Waals surface area contributed by atoms with Gasteiger partial charge in [-0.25, -0.2) is 0 Å². The molecule has 1 atom stereocenters. The number of rotatable bonds is 7. The number of hydrogen-bond acceptors (Lipinski definition) is 2. The van der Waals surface area contributed by atoms with Crippen LogP contribution in [0.15, 0.2) is 42.0 Å². The molecular formula is C23H33NO. The summed E-state index contributed by atoms with van der Waals surface area (Å²) in [6.45, 7) is 5.47. The topological polar surface area (TPSA) is 20.3 Å². The Morgan fingerprint density at radius 3 is 2.44 bits per heavy atom. The molecule has 25 heavy (non-hydrogen) atoms. The summed E-state index contributed by atoms with van der Waals surface area (Å²) in [4.78, 5) is 15.9. The molecule has 0 bridgehead atoms. The van der Waals surface area contributed by atoms with E-state index in [1.54, 1.807) is 0 Å². The maximum atomic E-state index is 13.3. The van der Waals surface area contributed by atoms with Crippen molar-refractivity contribution in [2.24, 2.45) is 0 Å². The van der Waals surface area contributed by atoms with Gasteiger partial charge in [0.2, 0.25) is 0 Å². The predicted octanol–water partition coefficient (Wildman–Crippen LogP) is 5.28. The Morgan fingerprint density at radius 1 is 1.04 bits per heavy atom. The van der Waals surface area contributed by atoms with Crippen molar-refractivity contribution in [2.75, 3.05) is 19.6 Å². The molecule has 1 unspecified atom stereocenters. The second-order valence-corrected chi connectivity index (χ2v) is 7.68. The second kappa shape index (κ2) is 8.80. The minimum Gasteiger partial charge on any atom is -0.303 e. The Balaban J connectivity index is 1.95. The van der Waals surface area contributed by atoms with Gasteiger partial charge in [-0.3, -0.25) is 4.79 Å². The van der Waals surface area contributed by atoms with Crippen LogP contribution in [0, 0.1) is 0 Å². The SMILES string of the molecule is CCC(=O)C(CCN1CCCCC1)(C1=CCCCC1)c1ccccc1. The summed E-state index contributed by atoms with van der Waals surface area (Å²) in [6, 6.07) is 10.6. The zero-order chi connectivity index (χ0) is 17.5. The van der Waals surface area contributed by atoms with E-state index in [0.717, 1.165) is 25.8 Å². The lowest BCUT2D eigenvalue weighted by Gasteiger charge is -2.39. The van der Waals surface area contributed by atoms with Crippen molar-refractivity contribution in [1.29, 1.82) is 0 Å². The highest BCUT2D eigenvalue weighted by Gasteiger charge is 2.42. The number of carbonyl (C=O) groups is 1. The van der Waals surface area contributed by atoms with E-state index in [9.17, 15) is 4.79 Å². The molecule has 0 saturated carbocycles. The van der Waals surface area contributed by atoms with E-state index in [-0.39, 0.29) is 0 Å². The maximum absolute atomic E-state index is 13.3. The van der Waals surface area contributed by atoms with Gasteiger partial charge in [-0.05, 0) is 70.1 Å². The van der Waals surface area contributed by atoms with Crippen LogP contribution >= 0.6 is 0 Å². The van der Waals surface area contributed by atoms with E-state index in [4.69, 9.17) is 0 Å². The Kier molecular flexibility index (Phi) is 6.47. The van der Waals surface area contributed by atoms with Crippen molar-refractivity contribution in [3.63, 3.8) is 0 Å². The number of nitrogens with zero attached hydrogens (tertiary/aromatic N) is 1. The quantitative estimate of drug-likeness (QED) is 0.630. The average Bonchev–Trinajstić information content (AvgIpc) is 2.70. The third-order valence-electron chi connectivity index (χ3n) is 6.15. The van der Waals surface area contributed by atoms with Gasteiger partial charge in [0.25, 0.3) is 0 Å². The lowest BCUT2D eigenvalue weighted by atomic mass is 9.65. The summed E-state index contributed by atoms with van der Waals surface area (Å²) in [5.41, 5.74) is 2.22. The number of likely N-dealkylation sites (tertiary alicyclic amines) is 1. The van der Waals surface area contributed by atoms with Gasteiger partial charge in [-0.15, -0.1) is 0 Å². The number of benzene rings is 1. The van der Waals surface area contributed by atoms with Crippen LogP contribution in [-0.2, 0) is 10.2 Å². The molecular weight excluding hydrogens is 306 g/mol. The third kappa shape index (κ3) is 4.06. The predicted molar refractivity (Wildman–Crippen MR) is 105 cm³/mol. The first kappa shape index (κ1) is 18.4. The maximum Gasteiger partial charge on any atom is 0.147 e. The normalized spacial score (nSPS) is 21.4. The molecule has 1 aromatic rings. The highest BCUT2D eigenvalue weighted by atomic mass is 16.1. The summed E-state index contributed by atoms with van der Waals surface area (Å²) >= 11 is 0. The van der Waals surface area contributed by atoms with Crippen molar-refractivity contribution >= 4 is 5.78 Å². The molecule has 1 aliphatic heterocycles. The molecule has 2 aliphatic rings. The van der Waals surface area contributed by atoms with Crippen molar-refractivity contribution in [3.8, 4) is 0 Å². The highest BCUT2D eigenvalue weighted by molar-refractivity contribution is 5.93. The summed E-state index contributed by atoms with van der Waals surface area (Å²) in [7, 11) is 0. The zero-order valence-electron chi connectivity index (χ0n) is 15.8. The molecule has 0 spiro atoms. The van der Waals surface area contributed by atoms with E-state index in [2.05, 4.69) is 41.3 Å². The summed E-state index contributed by atoms with van der Waals surface area (Å²) in [5, 5.41) is 0. The van der Waals surface area contributed by atoms with Gasteiger partial charge in [-0.2, -0.15) is 0 Å². The van der Waals surface area contributed by atoms with Gasteiger partial charge in [0.1, 0.15) is 5.78 Å². The Bertz CT molecular complexity index is 585. The number of hydrogen-bond donors (Lipinski definition) is 0. The molecule has 2 nitrogen and oxygen atoms in total. The Labute approximate surface area is 153 Å². The fourth-order valence-electron chi connectivity index (χ4n) is 4.73. The largest absolute Gasteiger partial charge is 0.303 e. The third-order valence-corrected chi connectivity index (χ3v) is 6.15. The van der Waals surface area contributed by atoms with Gasteiger partial charge in [0, 0.05) is 6.42 Å². The molecule has 1 aromatic carbocycles. The van der Waals surface area contributed by atoms with Crippen LogP contribution in [0.3, 0.4) is 0 Å². The summed E-state index contributed by atoms with van der Waals surface area (Å²) < 4.78 is 0. The van der Waals surface area contributed by atoms with Crippen molar-refractivity contribution in [3.05, 3.63) is 47.5 Å². The van der Waals surface area contributed by atoms with Gasteiger partial charge >= 0.3 is 0 Å². The number of piperidine rings is 1. The monoisotopic (exact) mass is 339 g/mol. The van der Waals surface area contributed by atoms with Crippen LogP contribution in [0.1, 0.15) is 70.3 Å². The first-order chi connectivity index (χ1) is 12.3. The van der Waals surface area contributed by atoms with E-state index in [0.29, 0.717) is 12.2 Å². The van der Waals surface area contributed by atoms with Crippen LogP contribution in [0.25, 0.3) is 0 Å². The number of allylic oxidation sites excluding steroid dienone is 2. The first-order valence-corrected chi connectivity index (χ1v) is 10.3. The zero-order valence-corrected chi connectivity index (χ0v) is 15.8. The van der Waals surface area contributed by atoms with Gasteiger partial charge in [0.15, 0.2) is 0 Å². The van der Waals surface area contributed by atoms with E-state index < -0.39 is 5.41 Å². The number of carbonyl (C=O) groups excluding carboxylic acids is 1. The molecule has 0 amide bonds. The Morgan fingerprint density at radius 2 is 1.80 bits per heavy atom. The molecule has 1 fully saturated rings. The van der Waals surface area contributed by atoms with Gasteiger partial charge < -0.3 is 4.90 Å². The first-order valence-electron chi connectivity index (χ1n) is 10.3. The molecule has 0 radical (unpaired) electrons. The molecule has 1 heterocycles. The second-order valence-electron chi connectivity index (χ2n) is 7.68. The molecule has 2 heteroatoms. The van der Waals surface area contributed by atoms with Crippen LogP contribution in [0.5, 0.6) is 0 Å². The van der Waals surface area contributed by atoms with Gasteiger partial charge in [0.05, 0.1) is 5.41 Å². The smallest absolute Gasteiger partial charge is 0.147 e. The molecule has 0 aromatic heterocycles. The molecule has 0 N–H and O–H groups in total. The van der Waals surface area contributed by atoms with Crippen LogP contribution in [-0.4, -0.2) is 30.3 Å². The fraction of sp³-hybridized carbons (Fsp3) is 0.609. The lowest BCUT2D eigenvalue weighted by molar-refractivity contribution is -0.123. The molecule has 3 rings (SSSR count). The van der Waals surface area contributed by atoms with Crippen LogP contribution in [0.2, 0.25) is 0 Å². The molecule has 1 aliphatic carbocycles. The summed E-state index contributed by atoms with van der Waals surface area (Å²) in [5.74, 6) is 0.406. The standard InChI is InChI=1S/C23H33NO/c1-2-22(25)23(20-12-6-3-7-13-20,21-14-8-4-9-15-21)16-19-24-17-10-5-11-18-24/h3,6-7,12-14H,2,4-5,8-11,15-19H2,1H3. The summed E-state index contributed by atoms with van der Waals surface area (Å²) in [6.07, 6.45) is 12.6. The number of Topliss-reactive ketones (excluding diaryl/α,β-unsaturated/α-hetero) is 1. The highest BCUT2D eigenvalue weighted by Crippen LogP contribution is 2.42. The molecule has 136 valence electrons. The van der Waals surface area contributed by atoms with Crippen molar-refractivity contribution in [2.45, 2.75) is 70.1 Å². The van der Waals surface area contributed by atoms with E-state index in [1.165, 1.54) is 56.3 Å². The molecule has 1 saturated heterocycles. The minimum absolute atomic E-state index is 0.395. The van der Waals surface area contributed by atoms with E-state index in [1.807, 2.05) is 6.92 Å². The van der Waals surface area contributed by atoms with Crippen molar-refractivity contribution in [1.82, 2.24) is 4.90 Å². The van der Waals surface area contributed by atoms with Gasteiger partial charge in [-0.1, -0.05) is 55.3 Å². The Hall–Kier alpha value is -1.41. The van der Waals surface area contributed by atoms with Crippen LogP contribution in [0.4, 0.5) is 0 Å². The minimum atomic E-state index is -0.395. The van der Waals surface area contributed by atoms with E-state index >= 15 is 0 Å². The lowest BCUT2D eigenvalue weighted by Crippen LogP contribution is -2.42. The average molecular weight is 340 g/mol. The van der Waals surface area contributed by atoms with Crippen molar-refractivity contribution < 1.29 is 4.79 Å². The van der Waals surface area contributed by atoms with Crippen LogP contribution < -0.4 is 0 Å².